The third-order valence-electron chi connectivity index (χ3n) is 7.09. The molecule has 1 saturated carbocycles. The van der Waals surface area contributed by atoms with Crippen molar-refractivity contribution in [3.05, 3.63) is 42.2 Å². The Labute approximate surface area is 219 Å². The van der Waals surface area contributed by atoms with E-state index in [0.29, 0.717) is 11.8 Å². The predicted molar refractivity (Wildman–Crippen MR) is 145 cm³/mol. The van der Waals surface area contributed by atoms with E-state index in [1.807, 2.05) is 35.0 Å². The Hall–Kier alpha value is -3.97. The molecule has 10 heteroatoms. The summed E-state index contributed by atoms with van der Waals surface area (Å²) in [7, 11) is 0. The summed E-state index contributed by atoms with van der Waals surface area (Å²) in [6.07, 6.45) is 10.2. The molecule has 3 aliphatic rings. The molecular weight excluding hydrogens is 484 g/mol. The van der Waals surface area contributed by atoms with Gasteiger partial charge in [0.2, 0.25) is 11.0 Å². The SMILES string of the molecule is C#Cc1cnn2c(-c3cc(NC(C)C)c(-c4nnc(N5C[C@H]6C[C@@H](C5)C6NC(C)=O)s4)cn3)ccc2c1. The van der Waals surface area contributed by atoms with Gasteiger partial charge in [0.15, 0.2) is 5.01 Å². The zero-order chi connectivity index (χ0) is 25.7. The Morgan fingerprint density at radius 2 is 2.00 bits per heavy atom. The number of aromatic nitrogens is 5. The van der Waals surface area contributed by atoms with Gasteiger partial charge in [-0.25, -0.2) is 4.52 Å². The molecule has 2 aliphatic heterocycles. The summed E-state index contributed by atoms with van der Waals surface area (Å²) >= 11 is 1.58. The topological polar surface area (TPSA) is 100 Å². The molecule has 0 spiro atoms. The maximum atomic E-state index is 11.5. The van der Waals surface area contributed by atoms with Crippen LogP contribution in [0, 0.1) is 24.2 Å². The average Bonchev–Trinajstić information content (AvgIpc) is 3.54. The van der Waals surface area contributed by atoms with Gasteiger partial charge in [-0.3, -0.25) is 9.78 Å². The lowest BCUT2D eigenvalue weighted by atomic mass is 9.66. The second-order valence-electron chi connectivity index (χ2n) is 10.1. The molecule has 188 valence electrons. The monoisotopic (exact) mass is 512 g/mol. The van der Waals surface area contributed by atoms with Gasteiger partial charge in [0, 0.05) is 49.5 Å². The molecule has 37 heavy (non-hydrogen) atoms. The molecule has 1 amide bonds. The van der Waals surface area contributed by atoms with Crippen molar-refractivity contribution in [2.75, 3.05) is 23.3 Å². The second kappa shape index (κ2) is 9.16. The van der Waals surface area contributed by atoms with Crippen molar-refractivity contribution in [2.45, 2.75) is 39.3 Å². The molecule has 4 aromatic heterocycles. The van der Waals surface area contributed by atoms with Crippen molar-refractivity contribution in [3.8, 4) is 34.3 Å². The quantitative estimate of drug-likeness (QED) is 0.380. The lowest BCUT2D eigenvalue weighted by Gasteiger charge is -2.53. The van der Waals surface area contributed by atoms with Gasteiger partial charge < -0.3 is 15.5 Å². The fraction of sp³-hybridized carbons (Fsp3) is 0.370. The highest BCUT2D eigenvalue weighted by Gasteiger charge is 2.47. The molecule has 2 N–H and O–H groups in total. The number of piperidine rings is 2. The molecule has 1 unspecified atom stereocenters. The normalized spacial score (nSPS) is 20.5. The highest BCUT2D eigenvalue weighted by molar-refractivity contribution is 7.18. The molecule has 4 aromatic rings. The van der Waals surface area contributed by atoms with Crippen LogP contribution < -0.4 is 15.5 Å². The number of rotatable bonds is 6. The molecule has 2 bridgehead atoms. The van der Waals surface area contributed by atoms with Gasteiger partial charge in [0.25, 0.3) is 0 Å². The van der Waals surface area contributed by atoms with E-state index in [1.54, 1.807) is 24.5 Å². The first kappa shape index (κ1) is 23.4. The van der Waals surface area contributed by atoms with E-state index >= 15 is 0 Å². The van der Waals surface area contributed by atoms with E-state index < -0.39 is 0 Å². The van der Waals surface area contributed by atoms with E-state index in [0.717, 1.165) is 63.4 Å². The van der Waals surface area contributed by atoms with Gasteiger partial charge in [0.1, 0.15) is 0 Å². The maximum Gasteiger partial charge on any atom is 0.217 e. The Kier molecular flexibility index (Phi) is 5.80. The van der Waals surface area contributed by atoms with Crippen LogP contribution in [-0.2, 0) is 4.79 Å². The first-order chi connectivity index (χ1) is 17.9. The zero-order valence-corrected chi connectivity index (χ0v) is 21.8. The average molecular weight is 513 g/mol. The molecule has 2 saturated heterocycles. The van der Waals surface area contributed by atoms with Crippen LogP contribution in [0.5, 0.6) is 0 Å². The van der Waals surface area contributed by atoms with Crippen LogP contribution in [0.3, 0.4) is 0 Å². The number of carbonyl (C=O) groups is 1. The molecule has 9 nitrogen and oxygen atoms in total. The highest BCUT2D eigenvalue weighted by atomic mass is 32.1. The van der Waals surface area contributed by atoms with Crippen LogP contribution in [0.2, 0.25) is 0 Å². The highest BCUT2D eigenvalue weighted by Crippen LogP contribution is 2.43. The van der Waals surface area contributed by atoms with Crippen LogP contribution in [0.25, 0.3) is 27.5 Å². The Morgan fingerprint density at radius 1 is 1.19 bits per heavy atom. The molecule has 0 radical (unpaired) electrons. The van der Waals surface area contributed by atoms with Gasteiger partial charge in [-0.1, -0.05) is 17.3 Å². The van der Waals surface area contributed by atoms with E-state index in [4.69, 9.17) is 11.4 Å². The number of amides is 1. The number of pyridine rings is 1. The molecule has 6 heterocycles. The van der Waals surface area contributed by atoms with Crippen molar-refractivity contribution in [2.24, 2.45) is 11.8 Å². The van der Waals surface area contributed by atoms with Gasteiger partial charge in [-0.2, -0.15) is 5.10 Å². The third kappa shape index (κ3) is 4.29. The molecule has 7 rings (SSSR count). The van der Waals surface area contributed by atoms with Crippen LogP contribution in [-0.4, -0.2) is 55.9 Å². The standard InChI is InChI=1S/C27H28N8OS/c1-5-17-8-20-6-7-24(35(20)29-11-17)23-10-22(30-15(2)3)21(12-28-23)26-32-33-27(37-26)34-13-18-9-19(14-34)25(18)31-16(4)36/h1,6-8,10-12,15,18-19,25H,9,13-14H2,2-4H3,(H,28,30)(H,31,36)/t18-,19+,25?. The lowest BCUT2D eigenvalue weighted by molar-refractivity contribution is -0.122. The first-order valence-corrected chi connectivity index (χ1v) is 13.3. The fourth-order valence-electron chi connectivity index (χ4n) is 5.44. The van der Waals surface area contributed by atoms with E-state index in [9.17, 15) is 4.79 Å². The third-order valence-corrected chi connectivity index (χ3v) is 8.11. The zero-order valence-electron chi connectivity index (χ0n) is 21.0. The van der Waals surface area contributed by atoms with E-state index in [-0.39, 0.29) is 18.0 Å². The van der Waals surface area contributed by atoms with E-state index in [2.05, 4.69) is 50.6 Å². The molecule has 1 aliphatic carbocycles. The van der Waals surface area contributed by atoms with Crippen molar-refractivity contribution in [3.63, 3.8) is 0 Å². The molecule has 0 aromatic carbocycles. The molecular formula is C27H28N8OS. The van der Waals surface area contributed by atoms with E-state index in [1.165, 1.54) is 0 Å². The summed E-state index contributed by atoms with van der Waals surface area (Å²) in [5, 5.41) is 22.0. The number of anilines is 2. The maximum absolute atomic E-state index is 11.5. The summed E-state index contributed by atoms with van der Waals surface area (Å²) in [6.45, 7) is 7.59. The van der Waals surface area contributed by atoms with Crippen LogP contribution >= 0.6 is 11.3 Å². The second-order valence-corrected chi connectivity index (χ2v) is 11.1. The Bertz CT molecular complexity index is 1520. The Balaban J connectivity index is 1.28. The number of hydrogen-bond acceptors (Lipinski definition) is 8. The van der Waals surface area contributed by atoms with Crippen molar-refractivity contribution in [1.82, 2.24) is 30.1 Å². The molecule has 3 atom stereocenters. The van der Waals surface area contributed by atoms with Crippen LogP contribution in [0.1, 0.15) is 32.8 Å². The minimum absolute atomic E-state index is 0.0497. The van der Waals surface area contributed by atoms with Crippen LogP contribution in [0.4, 0.5) is 10.8 Å². The van der Waals surface area contributed by atoms with Crippen molar-refractivity contribution >= 4 is 33.6 Å². The Morgan fingerprint density at radius 3 is 2.73 bits per heavy atom. The summed E-state index contributed by atoms with van der Waals surface area (Å²) < 4.78 is 1.85. The van der Waals surface area contributed by atoms with Crippen LogP contribution in [0.15, 0.2) is 36.7 Å². The lowest BCUT2D eigenvalue weighted by Crippen LogP contribution is -2.64. The predicted octanol–water partition coefficient (Wildman–Crippen LogP) is 3.68. The first-order valence-electron chi connectivity index (χ1n) is 12.5. The van der Waals surface area contributed by atoms with Crippen molar-refractivity contribution < 1.29 is 4.79 Å². The van der Waals surface area contributed by atoms with Gasteiger partial charge in [0.05, 0.1) is 28.7 Å². The number of carbonyl (C=O) groups excluding carboxylic acids is 1. The number of nitrogens with zero attached hydrogens (tertiary/aromatic N) is 6. The minimum atomic E-state index is 0.0497. The largest absolute Gasteiger partial charge is 0.382 e. The summed E-state index contributed by atoms with van der Waals surface area (Å²) in [5.74, 6) is 3.62. The van der Waals surface area contributed by atoms with Gasteiger partial charge >= 0.3 is 0 Å². The smallest absolute Gasteiger partial charge is 0.217 e. The summed E-state index contributed by atoms with van der Waals surface area (Å²) in [4.78, 5) is 18.6. The fourth-order valence-corrected chi connectivity index (χ4v) is 6.32. The van der Waals surface area contributed by atoms with Crippen molar-refractivity contribution in [1.29, 1.82) is 0 Å². The van der Waals surface area contributed by atoms with Gasteiger partial charge in [-0.05, 0) is 56.4 Å². The number of fused-ring (bicyclic) bond motifs is 3. The summed E-state index contributed by atoms with van der Waals surface area (Å²) in [5.41, 5.74) is 5.22. The summed E-state index contributed by atoms with van der Waals surface area (Å²) in [6, 6.07) is 8.49. The number of terminal acetylenes is 1. The number of hydrogen-bond donors (Lipinski definition) is 2. The minimum Gasteiger partial charge on any atom is -0.382 e. The number of nitrogens with one attached hydrogen (secondary N) is 2. The molecule has 3 fully saturated rings. The van der Waals surface area contributed by atoms with Gasteiger partial charge in [-0.15, -0.1) is 16.6 Å².